The molecule has 1 saturated heterocycles. The quantitative estimate of drug-likeness (QED) is 0.385. The summed E-state index contributed by atoms with van der Waals surface area (Å²) in [5.74, 6) is -1.93. The molecule has 2 aliphatic carbocycles. The number of ketones is 2. The molecule has 2 saturated carbocycles. The maximum atomic E-state index is 13.5. The lowest BCUT2D eigenvalue weighted by Crippen LogP contribution is -2.49. The van der Waals surface area contributed by atoms with Crippen molar-refractivity contribution < 1.29 is 33.4 Å². The number of benzene rings is 1. The van der Waals surface area contributed by atoms with Crippen molar-refractivity contribution in [2.45, 2.75) is 72.2 Å². The van der Waals surface area contributed by atoms with Gasteiger partial charge in [-0.2, -0.15) is 0 Å². The molecule has 1 aromatic rings. The van der Waals surface area contributed by atoms with Crippen LogP contribution in [0.4, 0.5) is 0 Å². The minimum atomic E-state index is -0.795. The first-order chi connectivity index (χ1) is 16.5. The second-order valence-corrected chi connectivity index (χ2v) is 11.0. The number of hydrogen-bond acceptors (Lipinski definition) is 7. The largest absolute Gasteiger partial charge is 0.466 e. The molecule has 0 amide bonds. The lowest BCUT2D eigenvalue weighted by molar-refractivity contribution is -0.144. The highest BCUT2D eigenvalue weighted by Crippen LogP contribution is 2.74. The molecule has 0 radical (unpaired) electrons. The van der Waals surface area contributed by atoms with Crippen molar-refractivity contribution >= 4 is 23.5 Å². The normalized spacial score (nSPS) is 36.6. The first kappa shape index (κ1) is 25.5. The van der Waals surface area contributed by atoms with Gasteiger partial charge in [0.1, 0.15) is 23.6 Å². The zero-order valence-electron chi connectivity index (χ0n) is 21.4. The number of epoxide rings is 1. The summed E-state index contributed by atoms with van der Waals surface area (Å²) in [6.45, 7) is 11.4. The van der Waals surface area contributed by atoms with Crippen LogP contribution in [-0.2, 0) is 28.6 Å². The van der Waals surface area contributed by atoms with Crippen molar-refractivity contribution in [2.24, 2.45) is 35.0 Å². The van der Waals surface area contributed by atoms with Crippen LogP contribution in [-0.4, -0.2) is 47.9 Å². The molecular weight excluding hydrogens is 448 g/mol. The fourth-order valence-electron chi connectivity index (χ4n) is 6.87. The average molecular weight is 485 g/mol. The summed E-state index contributed by atoms with van der Waals surface area (Å²) in [5.41, 5.74) is -1.04. The van der Waals surface area contributed by atoms with Gasteiger partial charge < -0.3 is 14.2 Å². The third-order valence-electron chi connectivity index (χ3n) is 8.94. The Morgan fingerprint density at radius 3 is 2.40 bits per heavy atom. The molecule has 0 bridgehead atoms. The van der Waals surface area contributed by atoms with Crippen molar-refractivity contribution in [3.63, 3.8) is 0 Å². The molecule has 0 N–H and O–H groups in total. The Bertz CT molecular complexity index is 1020. The van der Waals surface area contributed by atoms with Crippen LogP contribution in [0.25, 0.3) is 0 Å². The fraction of sp³-hybridized carbons (Fsp3) is 0.643. The van der Waals surface area contributed by atoms with E-state index < -0.39 is 41.0 Å². The summed E-state index contributed by atoms with van der Waals surface area (Å²) < 4.78 is 17.3. The summed E-state index contributed by atoms with van der Waals surface area (Å²) in [5, 5.41) is 0. The highest BCUT2D eigenvalue weighted by Gasteiger charge is 2.88. The second kappa shape index (κ2) is 9.16. The van der Waals surface area contributed by atoms with E-state index in [9.17, 15) is 19.2 Å². The van der Waals surface area contributed by atoms with Gasteiger partial charge >= 0.3 is 11.9 Å². The molecule has 7 heteroatoms. The van der Waals surface area contributed by atoms with Crippen LogP contribution in [0.5, 0.6) is 0 Å². The summed E-state index contributed by atoms with van der Waals surface area (Å²) in [6.07, 6.45) is -0.238. The molecule has 9 atom stereocenters. The first-order valence-corrected chi connectivity index (χ1v) is 12.6. The molecule has 1 spiro atoms. The van der Waals surface area contributed by atoms with Gasteiger partial charge in [0.25, 0.3) is 0 Å². The zero-order chi connectivity index (χ0) is 25.7. The maximum Gasteiger partial charge on any atom is 0.338 e. The Hall–Kier alpha value is -2.54. The van der Waals surface area contributed by atoms with E-state index in [0.29, 0.717) is 18.4 Å². The fourth-order valence-corrected chi connectivity index (χ4v) is 6.87. The van der Waals surface area contributed by atoms with Crippen LogP contribution < -0.4 is 0 Å². The van der Waals surface area contributed by atoms with E-state index in [1.54, 1.807) is 24.3 Å². The Morgan fingerprint density at radius 1 is 1.11 bits per heavy atom. The highest BCUT2D eigenvalue weighted by atomic mass is 16.6. The lowest BCUT2D eigenvalue weighted by atomic mass is 9.65. The predicted molar refractivity (Wildman–Crippen MR) is 127 cm³/mol. The van der Waals surface area contributed by atoms with Crippen LogP contribution >= 0.6 is 0 Å². The van der Waals surface area contributed by atoms with Gasteiger partial charge in [0.15, 0.2) is 5.78 Å². The van der Waals surface area contributed by atoms with E-state index in [0.717, 1.165) is 0 Å². The monoisotopic (exact) mass is 484 g/mol. The van der Waals surface area contributed by atoms with E-state index >= 15 is 0 Å². The van der Waals surface area contributed by atoms with E-state index in [4.69, 9.17) is 14.2 Å². The Morgan fingerprint density at radius 2 is 1.77 bits per heavy atom. The molecule has 1 heterocycles. The Balaban J connectivity index is 1.55. The van der Waals surface area contributed by atoms with Crippen molar-refractivity contribution in [3.05, 3.63) is 35.9 Å². The van der Waals surface area contributed by atoms with Crippen molar-refractivity contribution in [2.75, 3.05) is 6.61 Å². The molecule has 35 heavy (non-hydrogen) atoms. The predicted octanol–water partition coefficient (Wildman–Crippen LogP) is 4.03. The molecule has 4 rings (SSSR count). The lowest BCUT2D eigenvalue weighted by Gasteiger charge is -2.40. The van der Waals surface area contributed by atoms with Gasteiger partial charge in [0.2, 0.25) is 0 Å². The van der Waals surface area contributed by atoms with Gasteiger partial charge in [-0.1, -0.05) is 52.8 Å². The minimum Gasteiger partial charge on any atom is -0.466 e. The molecule has 3 fully saturated rings. The molecule has 190 valence electrons. The molecule has 2 unspecified atom stereocenters. The van der Waals surface area contributed by atoms with E-state index in [1.165, 1.54) is 6.92 Å². The summed E-state index contributed by atoms with van der Waals surface area (Å²) >= 11 is 0. The smallest absolute Gasteiger partial charge is 0.338 e. The summed E-state index contributed by atoms with van der Waals surface area (Å²) in [4.78, 5) is 50.9. The third kappa shape index (κ3) is 3.92. The van der Waals surface area contributed by atoms with Crippen LogP contribution in [0.15, 0.2) is 30.3 Å². The van der Waals surface area contributed by atoms with Gasteiger partial charge in [-0.15, -0.1) is 0 Å². The van der Waals surface area contributed by atoms with Crippen molar-refractivity contribution in [3.8, 4) is 0 Å². The molecule has 3 aliphatic rings. The molecule has 1 aromatic carbocycles. The number of Topliss-reactive ketones (excluding diaryl/α,β-unsaturated/α-hetero) is 2. The second-order valence-electron chi connectivity index (χ2n) is 11.0. The van der Waals surface area contributed by atoms with Crippen LogP contribution in [0.3, 0.4) is 0 Å². The molecule has 0 aromatic heterocycles. The zero-order valence-corrected chi connectivity index (χ0v) is 21.4. The molecular formula is C28H36O7. The van der Waals surface area contributed by atoms with Crippen LogP contribution in [0.2, 0.25) is 0 Å². The summed E-state index contributed by atoms with van der Waals surface area (Å²) in [6, 6.07) is 8.82. The Labute approximate surface area is 206 Å². The SMILES string of the molecule is CC(=O)OC[C@H](C)CCC(=O)[C@@H](C)[C@H]1C(=O)[C@H]2O[C@]23C(C)C(C)[C@@H](OC(=O)c2ccccc2)[C@]13C. The number of carbonyl (C=O) groups is 4. The standard InChI is InChI=1S/C28H36O7/c1-15(14-33-19(5)29)12-13-21(30)17(3)22-23(31)25-28(35-25)18(4)16(2)24(27(22,28)6)34-26(32)20-10-8-7-9-11-20/h7-11,15-18,22,24-25H,12-14H2,1-6H3/t15-,16?,17-,18?,22+,24-,25-,27+,28-/m1/s1. The third-order valence-corrected chi connectivity index (χ3v) is 8.94. The van der Waals surface area contributed by atoms with Crippen LogP contribution in [0, 0.1) is 35.0 Å². The minimum absolute atomic E-state index is 0.00366. The van der Waals surface area contributed by atoms with Crippen LogP contribution in [0.1, 0.15) is 64.7 Å². The number of rotatable bonds is 9. The number of esters is 2. The number of ether oxygens (including phenoxy) is 3. The van der Waals surface area contributed by atoms with Gasteiger partial charge in [-0.05, 0) is 36.3 Å². The topological polar surface area (TPSA) is 99.3 Å². The van der Waals surface area contributed by atoms with E-state index in [-0.39, 0.29) is 41.9 Å². The first-order valence-electron chi connectivity index (χ1n) is 12.6. The molecule has 1 aliphatic heterocycles. The van der Waals surface area contributed by atoms with E-state index in [2.05, 4.69) is 6.92 Å². The Kier molecular flexibility index (Phi) is 6.68. The van der Waals surface area contributed by atoms with Gasteiger partial charge in [0, 0.05) is 30.6 Å². The van der Waals surface area contributed by atoms with Gasteiger partial charge in [0.05, 0.1) is 12.2 Å². The number of carbonyl (C=O) groups excluding carboxylic acids is 4. The molecule has 7 nitrogen and oxygen atoms in total. The highest BCUT2D eigenvalue weighted by molar-refractivity contribution is 5.99. The van der Waals surface area contributed by atoms with E-state index in [1.807, 2.05) is 33.8 Å². The van der Waals surface area contributed by atoms with Gasteiger partial charge in [-0.3, -0.25) is 14.4 Å². The van der Waals surface area contributed by atoms with Crippen molar-refractivity contribution in [1.82, 2.24) is 0 Å². The number of hydrogen-bond donors (Lipinski definition) is 0. The maximum absolute atomic E-state index is 13.5. The van der Waals surface area contributed by atoms with Gasteiger partial charge in [-0.25, -0.2) is 4.79 Å². The summed E-state index contributed by atoms with van der Waals surface area (Å²) in [7, 11) is 0. The average Bonchev–Trinajstić information content (AvgIpc) is 3.54. The van der Waals surface area contributed by atoms with Crippen molar-refractivity contribution in [1.29, 1.82) is 0 Å².